The maximum atomic E-state index is 12.4. The molecule has 2 aromatic carbocycles. The summed E-state index contributed by atoms with van der Waals surface area (Å²) in [7, 11) is 0. The monoisotopic (exact) mass is 339 g/mol. The Morgan fingerprint density at radius 1 is 1.24 bits per heavy atom. The van der Waals surface area contributed by atoms with Gasteiger partial charge in [-0.25, -0.2) is 0 Å². The van der Waals surface area contributed by atoms with Crippen molar-refractivity contribution in [2.75, 3.05) is 16.8 Å². The lowest BCUT2D eigenvalue weighted by molar-refractivity contribution is -0.384. The van der Waals surface area contributed by atoms with Crippen molar-refractivity contribution in [3.63, 3.8) is 0 Å². The molecule has 2 amide bonds. The van der Waals surface area contributed by atoms with Crippen LogP contribution in [0.15, 0.2) is 48.5 Å². The standard InChI is InChI=1S/C18H17N3O4/c1-12-3-2-4-16(9-12)20-11-13(10-17(20)22)18(23)19-14-5-7-15(8-6-14)21(24)25/h2-9,13H,10-11H2,1H3,(H,19,23)/t13-/m0/s1. The van der Waals surface area contributed by atoms with E-state index >= 15 is 0 Å². The number of benzene rings is 2. The number of aryl methyl sites for hydroxylation is 1. The van der Waals surface area contributed by atoms with Crippen LogP contribution in [0.5, 0.6) is 0 Å². The summed E-state index contributed by atoms with van der Waals surface area (Å²) in [4.78, 5) is 36.4. The zero-order valence-electron chi connectivity index (χ0n) is 13.6. The predicted molar refractivity (Wildman–Crippen MR) is 93.4 cm³/mol. The largest absolute Gasteiger partial charge is 0.326 e. The van der Waals surface area contributed by atoms with Crippen LogP contribution in [0.25, 0.3) is 0 Å². The van der Waals surface area contributed by atoms with Crippen LogP contribution >= 0.6 is 0 Å². The van der Waals surface area contributed by atoms with Crippen LogP contribution in [-0.2, 0) is 9.59 Å². The highest BCUT2D eigenvalue weighted by molar-refractivity contribution is 6.03. The summed E-state index contributed by atoms with van der Waals surface area (Å²) < 4.78 is 0. The van der Waals surface area contributed by atoms with Gasteiger partial charge in [0.2, 0.25) is 11.8 Å². The minimum atomic E-state index is -0.499. The molecular formula is C18H17N3O4. The van der Waals surface area contributed by atoms with E-state index in [1.54, 1.807) is 4.90 Å². The molecular weight excluding hydrogens is 322 g/mol. The Morgan fingerprint density at radius 3 is 2.60 bits per heavy atom. The van der Waals surface area contributed by atoms with E-state index in [4.69, 9.17) is 0 Å². The topological polar surface area (TPSA) is 92.6 Å². The van der Waals surface area contributed by atoms with Crippen LogP contribution in [-0.4, -0.2) is 23.3 Å². The molecule has 0 aliphatic carbocycles. The molecule has 0 radical (unpaired) electrons. The second kappa shape index (κ2) is 6.72. The second-order valence-electron chi connectivity index (χ2n) is 6.04. The van der Waals surface area contributed by atoms with Gasteiger partial charge in [0.15, 0.2) is 0 Å². The number of hydrogen-bond acceptors (Lipinski definition) is 4. The van der Waals surface area contributed by atoms with Gasteiger partial charge in [-0.3, -0.25) is 19.7 Å². The summed E-state index contributed by atoms with van der Waals surface area (Å²) in [5.74, 6) is -0.810. The average Bonchev–Trinajstić information content (AvgIpc) is 2.97. The first-order valence-electron chi connectivity index (χ1n) is 7.86. The van der Waals surface area contributed by atoms with Crippen molar-refractivity contribution < 1.29 is 14.5 Å². The lowest BCUT2D eigenvalue weighted by Crippen LogP contribution is -2.28. The molecule has 1 aliphatic rings. The van der Waals surface area contributed by atoms with E-state index < -0.39 is 10.8 Å². The maximum Gasteiger partial charge on any atom is 0.269 e. The fraction of sp³-hybridized carbons (Fsp3) is 0.222. The molecule has 0 bridgehead atoms. The molecule has 1 aliphatic heterocycles. The van der Waals surface area contributed by atoms with Crippen LogP contribution < -0.4 is 10.2 Å². The number of hydrogen-bond donors (Lipinski definition) is 1. The third-order valence-corrected chi connectivity index (χ3v) is 4.15. The fourth-order valence-electron chi connectivity index (χ4n) is 2.84. The van der Waals surface area contributed by atoms with E-state index in [9.17, 15) is 19.7 Å². The van der Waals surface area contributed by atoms with Gasteiger partial charge in [-0.1, -0.05) is 12.1 Å². The van der Waals surface area contributed by atoms with E-state index in [1.165, 1.54) is 24.3 Å². The van der Waals surface area contributed by atoms with Crippen molar-refractivity contribution in [2.45, 2.75) is 13.3 Å². The minimum absolute atomic E-state index is 0.0420. The molecule has 0 spiro atoms. The first-order chi connectivity index (χ1) is 11.9. The summed E-state index contributed by atoms with van der Waals surface area (Å²) in [5.41, 5.74) is 2.26. The van der Waals surface area contributed by atoms with Gasteiger partial charge in [-0.15, -0.1) is 0 Å². The Hall–Kier alpha value is -3.22. The molecule has 3 rings (SSSR count). The highest BCUT2D eigenvalue weighted by Gasteiger charge is 2.35. The Balaban J connectivity index is 1.67. The van der Waals surface area contributed by atoms with E-state index in [2.05, 4.69) is 5.32 Å². The number of nitrogens with one attached hydrogen (secondary N) is 1. The smallest absolute Gasteiger partial charge is 0.269 e. The van der Waals surface area contributed by atoms with Crippen LogP contribution in [0, 0.1) is 23.0 Å². The summed E-state index contributed by atoms with van der Waals surface area (Å²) in [6.45, 7) is 2.27. The molecule has 0 unspecified atom stereocenters. The predicted octanol–water partition coefficient (Wildman–Crippen LogP) is 2.89. The van der Waals surface area contributed by atoms with E-state index in [0.29, 0.717) is 12.2 Å². The molecule has 25 heavy (non-hydrogen) atoms. The summed E-state index contributed by atoms with van der Waals surface area (Å²) in [6, 6.07) is 13.2. The fourth-order valence-corrected chi connectivity index (χ4v) is 2.84. The number of amides is 2. The number of carbonyl (C=O) groups is 2. The number of nitro benzene ring substituents is 1. The number of anilines is 2. The third kappa shape index (κ3) is 3.65. The van der Waals surface area contributed by atoms with E-state index in [1.807, 2.05) is 31.2 Å². The zero-order chi connectivity index (χ0) is 18.0. The number of nitrogens with zero attached hydrogens (tertiary/aromatic N) is 2. The Labute approximate surface area is 144 Å². The SMILES string of the molecule is Cc1cccc(N2C[C@@H](C(=O)Nc3ccc([N+](=O)[O-])cc3)CC2=O)c1. The molecule has 0 saturated carbocycles. The lowest BCUT2D eigenvalue weighted by atomic mass is 10.1. The molecule has 7 nitrogen and oxygen atoms in total. The van der Waals surface area contributed by atoms with Gasteiger partial charge < -0.3 is 10.2 Å². The van der Waals surface area contributed by atoms with Gasteiger partial charge in [-0.2, -0.15) is 0 Å². The van der Waals surface area contributed by atoms with Crippen molar-refractivity contribution in [1.82, 2.24) is 0 Å². The van der Waals surface area contributed by atoms with Crippen LogP contribution in [0.1, 0.15) is 12.0 Å². The van der Waals surface area contributed by atoms with Crippen LogP contribution in [0.2, 0.25) is 0 Å². The Kier molecular flexibility index (Phi) is 4.47. The Morgan fingerprint density at radius 2 is 1.96 bits per heavy atom. The maximum absolute atomic E-state index is 12.4. The summed E-state index contributed by atoms with van der Waals surface area (Å²) >= 11 is 0. The lowest BCUT2D eigenvalue weighted by Gasteiger charge is -2.17. The summed E-state index contributed by atoms with van der Waals surface area (Å²) in [6.07, 6.45) is 0.146. The molecule has 1 saturated heterocycles. The first-order valence-corrected chi connectivity index (χ1v) is 7.86. The second-order valence-corrected chi connectivity index (χ2v) is 6.04. The molecule has 1 heterocycles. The van der Waals surface area contributed by atoms with E-state index in [-0.39, 0.29) is 23.9 Å². The number of nitro groups is 1. The highest BCUT2D eigenvalue weighted by atomic mass is 16.6. The minimum Gasteiger partial charge on any atom is -0.326 e. The molecule has 128 valence electrons. The molecule has 0 aromatic heterocycles. The molecule has 7 heteroatoms. The van der Waals surface area contributed by atoms with Crippen molar-refractivity contribution >= 4 is 28.9 Å². The van der Waals surface area contributed by atoms with Crippen molar-refractivity contribution in [2.24, 2.45) is 5.92 Å². The molecule has 1 atom stereocenters. The van der Waals surface area contributed by atoms with Gasteiger partial charge in [0, 0.05) is 36.5 Å². The number of rotatable bonds is 4. The average molecular weight is 339 g/mol. The first kappa shape index (κ1) is 16.6. The summed E-state index contributed by atoms with van der Waals surface area (Å²) in [5, 5.41) is 13.4. The van der Waals surface area contributed by atoms with E-state index in [0.717, 1.165) is 11.3 Å². The van der Waals surface area contributed by atoms with Crippen LogP contribution in [0.4, 0.5) is 17.1 Å². The molecule has 1 fully saturated rings. The molecule has 2 aromatic rings. The highest BCUT2D eigenvalue weighted by Crippen LogP contribution is 2.27. The van der Waals surface area contributed by atoms with Gasteiger partial charge in [0.05, 0.1) is 10.8 Å². The van der Waals surface area contributed by atoms with Gasteiger partial charge >= 0.3 is 0 Å². The molecule has 1 N–H and O–H groups in total. The van der Waals surface area contributed by atoms with Gasteiger partial charge in [0.1, 0.15) is 0 Å². The normalized spacial score (nSPS) is 16.8. The number of non-ortho nitro benzene ring substituents is 1. The van der Waals surface area contributed by atoms with Crippen molar-refractivity contribution in [3.05, 3.63) is 64.2 Å². The van der Waals surface area contributed by atoms with Gasteiger partial charge in [-0.05, 0) is 36.8 Å². The Bertz CT molecular complexity index is 832. The number of carbonyl (C=O) groups excluding carboxylic acids is 2. The van der Waals surface area contributed by atoms with Crippen molar-refractivity contribution in [3.8, 4) is 0 Å². The van der Waals surface area contributed by atoms with Gasteiger partial charge in [0.25, 0.3) is 5.69 Å². The quantitative estimate of drug-likeness (QED) is 0.685. The van der Waals surface area contributed by atoms with Crippen molar-refractivity contribution in [1.29, 1.82) is 0 Å². The zero-order valence-corrected chi connectivity index (χ0v) is 13.6. The van der Waals surface area contributed by atoms with Crippen LogP contribution in [0.3, 0.4) is 0 Å². The third-order valence-electron chi connectivity index (χ3n) is 4.15.